The summed E-state index contributed by atoms with van der Waals surface area (Å²) in [6, 6.07) is 5.80. The quantitative estimate of drug-likeness (QED) is 0.629. The Labute approximate surface area is 149 Å². The Balaban J connectivity index is 1.36. The molecule has 1 aromatic rings. The van der Waals surface area contributed by atoms with Gasteiger partial charge in [-0.2, -0.15) is 0 Å². The number of fused-ring (bicyclic) bond motifs is 1. The average molecular weight is 350 g/mol. The van der Waals surface area contributed by atoms with Gasteiger partial charge in [0.1, 0.15) is 13.2 Å². The molecule has 24 heavy (non-hydrogen) atoms. The second-order valence-corrected chi connectivity index (χ2v) is 6.76. The number of hydrogen-bond acceptors (Lipinski definition) is 4. The SMILES string of the molecule is S=C(NCCCN1CCCCCC1)Nc1ccc2c(c1)OCCO2. The lowest BCUT2D eigenvalue weighted by molar-refractivity contribution is 0.171. The van der Waals surface area contributed by atoms with Crippen molar-refractivity contribution in [1.29, 1.82) is 0 Å². The molecule has 0 bridgehead atoms. The molecule has 2 aliphatic rings. The summed E-state index contributed by atoms with van der Waals surface area (Å²) >= 11 is 5.37. The molecule has 0 saturated carbocycles. The summed E-state index contributed by atoms with van der Waals surface area (Å²) in [4.78, 5) is 2.58. The molecule has 0 atom stereocenters. The van der Waals surface area contributed by atoms with Crippen LogP contribution in [0.2, 0.25) is 0 Å². The molecule has 0 aromatic heterocycles. The molecule has 0 unspecified atom stereocenters. The lowest BCUT2D eigenvalue weighted by Gasteiger charge is -2.20. The number of nitrogens with one attached hydrogen (secondary N) is 2. The molecule has 0 spiro atoms. The molecule has 5 nitrogen and oxygen atoms in total. The van der Waals surface area contributed by atoms with Crippen molar-refractivity contribution in [3.8, 4) is 11.5 Å². The van der Waals surface area contributed by atoms with E-state index in [-0.39, 0.29) is 0 Å². The van der Waals surface area contributed by atoms with E-state index >= 15 is 0 Å². The Kier molecular flexibility index (Phi) is 6.55. The third-order valence-electron chi connectivity index (χ3n) is 4.44. The number of hydrogen-bond donors (Lipinski definition) is 2. The molecule has 1 saturated heterocycles. The van der Waals surface area contributed by atoms with Gasteiger partial charge in [-0.25, -0.2) is 0 Å². The molecule has 132 valence electrons. The van der Waals surface area contributed by atoms with Gasteiger partial charge in [0, 0.05) is 18.3 Å². The van der Waals surface area contributed by atoms with E-state index in [0.717, 1.165) is 36.7 Å². The van der Waals surface area contributed by atoms with Gasteiger partial charge in [0.25, 0.3) is 0 Å². The summed E-state index contributed by atoms with van der Waals surface area (Å²) in [6.07, 6.45) is 6.58. The van der Waals surface area contributed by atoms with Crippen molar-refractivity contribution in [3.05, 3.63) is 18.2 Å². The molecule has 6 heteroatoms. The maximum atomic E-state index is 5.59. The first kappa shape index (κ1) is 17.3. The predicted molar refractivity (Wildman–Crippen MR) is 101 cm³/mol. The van der Waals surface area contributed by atoms with Gasteiger partial charge >= 0.3 is 0 Å². The number of rotatable bonds is 5. The van der Waals surface area contributed by atoms with Crippen molar-refractivity contribution in [2.75, 3.05) is 44.7 Å². The minimum Gasteiger partial charge on any atom is -0.486 e. The maximum Gasteiger partial charge on any atom is 0.170 e. The molecular formula is C18H27N3O2S. The van der Waals surface area contributed by atoms with Gasteiger partial charge < -0.3 is 25.0 Å². The minimum atomic E-state index is 0.593. The van der Waals surface area contributed by atoms with Crippen LogP contribution < -0.4 is 20.1 Å². The number of nitrogens with zero attached hydrogens (tertiary/aromatic N) is 1. The van der Waals surface area contributed by atoms with Crippen molar-refractivity contribution in [2.45, 2.75) is 32.1 Å². The van der Waals surface area contributed by atoms with E-state index in [2.05, 4.69) is 15.5 Å². The Bertz CT molecular complexity index is 545. The number of anilines is 1. The van der Waals surface area contributed by atoms with Crippen molar-refractivity contribution in [3.63, 3.8) is 0 Å². The Morgan fingerprint density at radius 1 is 1.04 bits per heavy atom. The monoisotopic (exact) mass is 349 g/mol. The molecule has 2 heterocycles. The smallest absolute Gasteiger partial charge is 0.170 e. The molecule has 1 fully saturated rings. The van der Waals surface area contributed by atoms with Crippen LogP contribution >= 0.6 is 12.2 Å². The van der Waals surface area contributed by atoms with Crippen molar-refractivity contribution in [1.82, 2.24) is 10.2 Å². The number of likely N-dealkylation sites (tertiary alicyclic amines) is 1. The molecule has 3 rings (SSSR count). The van der Waals surface area contributed by atoms with Crippen LogP contribution in [0.3, 0.4) is 0 Å². The van der Waals surface area contributed by atoms with Crippen LogP contribution in [0.4, 0.5) is 5.69 Å². The van der Waals surface area contributed by atoms with Crippen LogP contribution in [0.25, 0.3) is 0 Å². The summed E-state index contributed by atoms with van der Waals surface area (Å²) in [5, 5.41) is 7.15. The lowest BCUT2D eigenvalue weighted by Crippen LogP contribution is -2.32. The first-order chi connectivity index (χ1) is 11.8. The van der Waals surface area contributed by atoms with E-state index in [4.69, 9.17) is 21.7 Å². The second kappa shape index (κ2) is 9.08. The molecule has 1 aromatic carbocycles. The summed E-state index contributed by atoms with van der Waals surface area (Å²) in [5.74, 6) is 1.57. The molecule has 2 aliphatic heterocycles. The Morgan fingerprint density at radius 3 is 2.58 bits per heavy atom. The lowest BCUT2D eigenvalue weighted by atomic mass is 10.2. The van der Waals surface area contributed by atoms with Gasteiger partial charge in [0.2, 0.25) is 0 Å². The first-order valence-electron chi connectivity index (χ1n) is 8.98. The number of ether oxygens (including phenoxy) is 2. The largest absolute Gasteiger partial charge is 0.486 e. The predicted octanol–water partition coefficient (Wildman–Crippen LogP) is 3.01. The highest BCUT2D eigenvalue weighted by Gasteiger charge is 2.12. The van der Waals surface area contributed by atoms with E-state index in [1.807, 2.05) is 18.2 Å². The van der Waals surface area contributed by atoms with Crippen LogP contribution in [0.15, 0.2) is 18.2 Å². The topological polar surface area (TPSA) is 45.8 Å². The van der Waals surface area contributed by atoms with Crippen LogP contribution in [-0.4, -0.2) is 49.4 Å². The Hall–Kier alpha value is -1.53. The summed E-state index contributed by atoms with van der Waals surface area (Å²) in [6.45, 7) is 5.75. The summed E-state index contributed by atoms with van der Waals surface area (Å²) < 4.78 is 11.1. The fourth-order valence-corrected chi connectivity index (χ4v) is 3.38. The zero-order valence-electron chi connectivity index (χ0n) is 14.2. The van der Waals surface area contributed by atoms with Gasteiger partial charge in [0.15, 0.2) is 16.6 Å². The van der Waals surface area contributed by atoms with Crippen molar-refractivity contribution >= 4 is 23.0 Å². The van der Waals surface area contributed by atoms with Gasteiger partial charge in [-0.3, -0.25) is 0 Å². The molecule has 2 N–H and O–H groups in total. The van der Waals surface area contributed by atoms with Crippen molar-refractivity contribution < 1.29 is 9.47 Å². The van der Waals surface area contributed by atoms with Gasteiger partial charge in [-0.05, 0) is 63.2 Å². The first-order valence-corrected chi connectivity index (χ1v) is 9.39. The zero-order chi connectivity index (χ0) is 16.6. The highest BCUT2D eigenvalue weighted by atomic mass is 32.1. The van der Waals surface area contributed by atoms with E-state index in [9.17, 15) is 0 Å². The second-order valence-electron chi connectivity index (χ2n) is 6.35. The van der Waals surface area contributed by atoms with E-state index in [1.54, 1.807) is 0 Å². The van der Waals surface area contributed by atoms with Crippen LogP contribution in [0.1, 0.15) is 32.1 Å². The van der Waals surface area contributed by atoms with E-state index in [0.29, 0.717) is 18.3 Å². The van der Waals surface area contributed by atoms with Crippen LogP contribution in [0.5, 0.6) is 11.5 Å². The highest BCUT2D eigenvalue weighted by Crippen LogP contribution is 2.32. The van der Waals surface area contributed by atoms with Gasteiger partial charge in [0.05, 0.1) is 0 Å². The average Bonchev–Trinajstić information content (AvgIpc) is 2.87. The standard InChI is InChI=1S/C18H27N3O2S/c24-18(19-8-5-11-21-9-3-1-2-4-10-21)20-15-6-7-16-17(14-15)23-13-12-22-16/h6-7,14H,1-5,8-13H2,(H2,19,20,24). The molecular weight excluding hydrogens is 322 g/mol. The summed E-state index contributed by atoms with van der Waals surface area (Å²) in [7, 11) is 0. The summed E-state index contributed by atoms with van der Waals surface area (Å²) in [5.41, 5.74) is 0.921. The number of benzene rings is 1. The Morgan fingerprint density at radius 2 is 1.79 bits per heavy atom. The fourth-order valence-electron chi connectivity index (χ4n) is 3.16. The third-order valence-corrected chi connectivity index (χ3v) is 4.68. The molecule has 0 radical (unpaired) electrons. The molecule has 0 aliphatic carbocycles. The minimum absolute atomic E-state index is 0.593. The van der Waals surface area contributed by atoms with Gasteiger partial charge in [-0.15, -0.1) is 0 Å². The van der Waals surface area contributed by atoms with Crippen molar-refractivity contribution in [2.24, 2.45) is 0 Å². The van der Waals surface area contributed by atoms with Crippen LogP contribution in [-0.2, 0) is 0 Å². The van der Waals surface area contributed by atoms with Gasteiger partial charge in [-0.1, -0.05) is 12.8 Å². The fraction of sp³-hybridized carbons (Fsp3) is 0.611. The van der Waals surface area contributed by atoms with E-state index in [1.165, 1.54) is 38.8 Å². The van der Waals surface area contributed by atoms with E-state index < -0.39 is 0 Å². The van der Waals surface area contributed by atoms with Crippen LogP contribution in [0, 0.1) is 0 Å². The third kappa shape index (κ3) is 5.24. The number of thiocarbonyl (C=S) groups is 1. The molecule has 0 amide bonds. The zero-order valence-corrected chi connectivity index (χ0v) is 15.0. The maximum absolute atomic E-state index is 5.59. The highest BCUT2D eigenvalue weighted by molar-refractivity contribution is 7.80. The normalized spacial score (nSPS) is 17.8.